The summed E-state index contributed by atoms with van der Waals surface area (Å²) in [4.78, 5) is 15.9. The fraction of sp³-hybridized carbons (Fsp3) is 0.273. The molecule has 2 rings (SSSR count). The van der Waals surface area contributed by atoms with Crippen molar-refractivity contribution in [1.29, 1.82) is 0 Å². The van der Waals surface area contributed by atoms with Gasteiger partial charge >= 0.3 is 0 Å². The Labute approximate surface area is 97.5 Å². The predicted octanol–water partition coefficient (Wildman–Crippen LogP) is 1.97. The molecule has 0 aliphatic carbocycles. The van der Waals surface area contributed by atoms with Crippen molar-refractivity contribution in [2.45, 2.75) is 19.4 Å². The van der Waals surface area contributed by atoms with Gasteiger partial charge in [-0.15, -0.1) is 0 Å². The fourth-order valence-electron chi connectivity index (χ4n) is 1.31. The first kappa shape index (κ1) is 11.0. The number of carbonyl (C=O) groups is 1. The molecule has 3 N–H and O–H groups in total. The monoisotopic (exact) mass is 235 g/mol. The van der Waals surface area contributed by atoms with Crippen LogP contribution in [0.1, 0.15) is 13.3 Å². The zero-order valence-electron chi connectivity index (χ0n) is 8.93. The second kappa shape index (κ2) is 4.59. The smallest absolute Gasteiger partial charge is 0.243 e. The molecule has 1 amide bonds. The molecule has 16 heavy (non-hydrogen) atoms. The number of hydrogen-bond acceptors (Lipinski definition) is 4. The third-order valence-corrected chi connectivity index (χ3v) is 3.25. The second-order valence-electron chi connectivity index (χ2n) is 3.49. The highest BCUT2D eigenvalue weighted by atomic mass is 32.1. The zero-order valence-corrected chi connectivity index (χ0v) is 9.75. The van der Waals surface area contributed by atoms with Crippen LogP contribution in [0.15, 0.2) is 24.3 Å². The predicted molar refractivity (Wildman–Crippen MR) is 66.5 cm³/mol. The van der Waals surface area contributed by atoms with Gasteiger partial charge < -0.3 is 11.1 Å². The van der Waals surface area contributed by atoms with Crippen molar-refractivity contribution in [2.24, 2.45) is 5.73 Å². The van der Waals surface area contributed by atoms with Crippen LogP contribution in [0.4, 0.5) is 5.13 Å². The molecule has 84 valence electrons. The molecule has 0 spiro atoms. The van der Waals surface area contributed by atoms with E-state index in [-0.39, 0.29) is 5.91 Å². The van der Waals surface area contributed by atoms with E-state index in [1.54, 1.807) is 0 Å². The molecule has 1 aromatic carbocycles. The summed E-state index contributed by atoms with van der Waals surface area (Å²) >= 11 is 1.45. The number of nitrogens with zero attached hydrogens (tertiary/aromatic N) is 1. The van der Waals surface area contributed by atoms with Crippen LogP contribution in [0.3, 0.4) is 0 Å². The molecule has 1 heterocycles. The number of hydrogen-bond donors (Lipinski definition) is 2. The van der Waals surface area contributed by atoms with Gasteiger partial charge in [-0.1, -0.05) is 30.4 Å². The molecular formula is C11H13N3OS. The minimum atomic E-state index is -0.466. The van der Waals surface area contributed by atoms with Crippen molar-refractivity contribution >= 4 is 32.6 Å². The maximum Gasteiger partial charge on any atom is 0.243 e. The normalized spacial score (nSPS) is 12.6. The Morgan fingerprint density at radius 1 is 1.56 bits per heavy atom. The van der Waals surface area contributed by atoms with Crippen LogP contribution in [0.25, 0.3) is 10.2 Å². The van der Waals surface area contributed by atoms with Gasteiger partial charge in [0.2, 0.25) is 5.91 Å². The van der Waals surface area contributed by atoms with Crippen molar-refractivity contribution in [2.75, 3.05) is 5.32 Å². The van der Waals surface area contributed by atoms with E-state index in [0.717, 1.165) is 10.2 Å². The van der Waals surface area contributed by atoms with Gasteiger partial charge in [-0.2, -0.15) is 0 Å². The third-order valence-electron chi connectivity index (χ3n) is 2.30. The number of aromatic nitrogens is 1. The van der Waals surface area contributed by atoms with E-state index in [2.05, 4.69) is 10.3 Å². The lowest BCUT2D eigenvalue weighted by molar-refractivity contribution is -0.117. The minimum absolute atomic E-state index is 0.179. The fourth-order valence-corrected chi connectivity index (χ4v) is 2.18. The number of benzene rings is 1. The summed E-state index contributed by atoms with van der Waals surface area (Å²) in [7, 11) is 0. The van der Waals surface area contributed by atoms with Crippen molar-refractivity contribution in [3.63, 3.8) is 0 Å². The molecule has 0 fully saturated rings. The standard InChI is InChI=1S/C11H13N3OS/c1-2-7(12)10(15)14-11-13-8-5-3-4-6-9(8)16-11/h3-7H,2,12H2,1H3,(H,13,14,15). The van der Waals surface area contributed by atoms with Crippen molar-refractivity contribution in [3.05, 3.63) is 24.3 Å². The summed E-state index contributed by atoms with van der Waals surface area (Å²) in [6.07, 6.45) is 0.622. The van der Waals surface area contributed by atoms with Gasteiger partial charge in [-0.05, 0) is 18.6 Å². The number of amides is 1. The molecule has 0 radical (unpaired) electrons. The Kier molecular flexibility index (Phi) is 3.17. The van der Waals surface area contributed by atoms with Crippen LogP contribution in [0.5, 0.6) is 0 Å². The summed E-state index contributed by atoms with van der Waals surface area (Å²) < 4.78 is 1.06. The molecular weight excluding hydrogens is 222 g/mol. The van der Waals surface area contributed by atoms with E-state index in [1.807, 2.05) is 31.2 Å². The highest BCUT2D eigenvalue weighted by Gasteiger charge is 2.13. The topological polar surface area (TPSA) is 68.0 Å². The van der Waals surface area contributed by atoms with Crippen molar-refractivity contribution in [1.82, 2.24) is 4.98 Å². The third kappa shape index (κ3) is 2.20. The summed E-state index contributed by atoms with van der Waals surface area (Å²) in [5.41, 5.74) is 6.52. The molecule has 5 heteroatoms. The van der Waals surface area contributed by atoms with Gasteiger partial charge in [0.15, 0.2) is 5.13 Å². The molecule has 0 bridgehead atoms. The highest BCUT2D eigenvalue weighted by molar-refractivity contribution is 7.22. The van der Waals surface area contributed by atoms with Crippen LogP contribution in [-0.4, -0.2) is 16.9 Å². The van der Waals surface area contributed by atoms with E-state index in [0.29, 0.717) is 11.6 Å². The maximum atomic E-state index is 11.6. The SMILES string of the molecule is CCC(N)C(=O)Nc1nc2ccccc2s1. The van der Waals surface area contributed by atoms with E-state index in [1.165, 1.54) is 11.3 Å². The molecule has 0 saturated heterocycles. The van der Waals surface area contributed by atoms with Gasteiger partial charge in [0.1, 0.15) is 0 Å². The van der Waals surface area contributed by atoms with Gasteiger partial charge in [-0.25, -0.2) is 4.98 Å². The van der Waals surface area contributed by atoms with Crippen molar-refractivity contribution in [3.8, 4) is 0 Å². The van der Waals surface area contributed by atoms with Crippen LogP contribution < -0.4 is 11.1 Å². The summed E-state index contributed by atoms with van der Waals surface area (Å²) in [6, 6.07) is 7.30. The number of fused-ring (bicyclic) bond motifs is 1. The lowest BCUT2D eigenvalue weighted by Gasteiger charge is -2.06. The molecule has 0 aliphatic heterocycles. The largest absolute Gasteiger partial charge is 0.320 e. The lowest BCUT2D eigenvalue weighted by Crippen LogP contribution is -2.34. The molecule has 2 aromatic rings. The van der Waals surface area contributed by atoms with Crippen LogP contribution in [-0.2, 0) is 4.79 Å². The Morgan fingerprint density at radius 3 is 3.00 bits per heavy atom. The molecule has 0 saturated carbocycles. The highest BCUT2D eigenvalue weighted by Crippen LogP contribution is 2.25. The van der Waals surface area contributed by atoms with Crippen LogP contribution in [0.2, 0.25) is 0 Å². The summed E-state index contributed by atoms with van der Waals surface area (Å²) in [5.74, 6) is -0.179. The number of para-hydroxylation sites is 1. The van der Waals surface area contributed by atoms with E-state index >= 15 is 0 Å². The first-order valence-corrected chi connectivity index (χ1v) is 5.94. The van der Waals surface area contributed by atoms with Gasteiger partial charge in [-0.3, -0.25) is 4.79 Å². The second-order valence-corrected chi connectivity index (χ2v) is 4.52. The minimum Gasteiger partial charge on any atom is -0.320 e. The number of carbonyl (C=O) groups excluding carboxylic acids is 1. The Bertz CT molecular complexity index is 476. The maximum absolute atomic E-state index is 11.6. The first-order valence-electron chi connectivity index (χ1n) is 5.12. The molecule has 1 atom stereocenters. The Hall–Kier alpha value is -1.46. The first-order chi connectivity index (χ1) is 7.70. The molecule has 0 aliphatic rings. The number of nitrogens with two attached hydrogens (primary N) is 1. The summed E-state index contributed by atoms with van der Waals surface area (Å²) in [5, 5.41) is 3.33. The average molecular weight is 235 g/mol. The quantitative estimate of drug-likeness (QED) is 0.854. The van der Waals surface area contributed by atoms with Gasteiger partial charge in [0.25, 0.3) is 0 Å². The average Bonchev–Trinajstić information content (AvgIpc) is 2.69. The summed E-state index contributed by atoms with van der Waals surface area (Å²) in [6.45, 7) is 1.88. The van der Waals surface area contributed by atoms with Gasteiger partial charge in [0.05, 0.1) is 16.3 Å². The number of thiazole rings is 1. The van der Waals surface area contributed by atoms with Crippen LogP contribution >= 0.6 is 11.3 Å². The Balaban J connectivity index is 2.18. The lowest BCUT2D eigenvalue weighted by atomic mass is 10.2. The number of rotatable bonds is 3. The zero-order chi connectivity index (χ0) is 11.5. The molecule has 1 aromatic heterocycles. The molecule has 1 unspecified atom stereocenters. The number of anilines is 1. The van der Waals surface area contributed by atoms with E-state index < -0.39 is 6.04 Å². The van der Waals surface area contributed by atoms with E-state index in [9.17, 15) is 4.79 Å². The van der Waals surface area contributed by atoms with Crippen molar-refractivity contribution < 1.29 is 4.79 Å². The molecule has 4 nitrogen and oxygen atoms in total. The Morgan fingerprint density at radius 2 is 2.31 bits per heavy atom. The van der Waals surface area contributed by atoms with Crippen LogP contribution in [0, 0.1) is 0 Å². The number of nitrogens with one attached hydrogen (secondary N) is 1. The van der Waals surface area contributed by atoms with Gasteiger partial charge in [0, 0.05) is 0 Å². The van der Waals surface area contributed by atoms with E-state index in [4.69, 9.17) is 5.73 Å².